The van der Waals surface area contributed by atoms with Crippen LogP contribution in [0.15, 0.2) is 48.9 Å². The first-order valence-corrected chi connectivity index (χ1v) is 9.45. The number of fused-ring (bicyclic) bond motifs is 1. The number of anilines is 1. The molecule has 2 aromatic carbocycles. The lowest BCUT2D eigenvalue weighted by Gasteiger charge is -2.06. The molecule has 0 radical (unpaired) electrons. The maximum absolute atomic E-state index is 12.3. The SMILES string of the molecule is Cc1ccc(NC(=O)c2ncn(CC(=O)NCc3ccc4[nH]ncc4c3)n2)cc1C. The number of H-pyrrole nitrogens is 1. The summed E-state index contributed by atoms with van der Waals surface area (Å²) in [5.74, 6) is -0.648. The van der Waals surface area contributed by atoms with Crippen molar-refractivity contribution in [2.45, 2.75) is 26.9 Å². The molecule has 2 aromatic heterocycles. The molecule has 9 nitrogen and oxygen atoms in total. The van der Waals surface area contributed by atoms with Crippen molar-refractivity contribution in [1.82, 2.24) is 30.3 Å². The molecule has 4 rings (SSSR count). The number of aryl methyl sites for hydroxylation is 2. The monoisotopic (exact) mass is 403 g/mol. The summed E-state index contributed by atoms with van der Waals surface area (Å²) in [6, 6.07) is 11.5. The van der Waals surface area contributed by atoms with Crippen LogP contribution >= 0.6 is 0 Å². The zero-order valence-electron chi connectivity index (χ0n) is 16.6. The van der Waals surface area contributed by atoms with Gasteiger partial charge in [-0.25, -0.2) is 9.67 Å². The van der Waals surface area contributed by atoms with E-state index in [1.807, 2.05) is 50.2 Å². The normalized spacial score (nSPS) is 10.9. The molecule has 9 heteroatoms. The molecule has 0 atom stereocenters. The maximum Gasteiger partial charge on any atom is 0.295 e. The van der Waals surface area contributed by atoms with E-state index < -0.39 is 5.91 Å². The molecule has 2 amide bonds. The Kier molecular flexibility index (Phi) is 5.25. The third-order valence-electron chi connectivity index (χ3n) is 4.80. The van der Waals surface area contributed by atoms with Gasteiger partial charge in [0.25, 0.3) is 5.91 Å². The van der Waals surface area contributed by atoms with Crippen molar-refractivity contribution in [3.63, 3.8) is 0 Å². The third-order valence-corrected chi connectivity index (χ3v) is 4.80. The van der Waals surface area contributed by atoms with Crippen molar-refractivity contribution < 1.29 is 9.59 Å². The summed E-state index contributed by atoms with van der Waals surface area (Å²) < 4.78 is 1.34. The smallest absolute Gasteiger partial charge is 0.295 e. The number of rotatable bonds is 6. The number of aromatic amines is 1. The predicted molar refractivity (Wildman–Crippen MR) is 112 cm³/mol. The van der Waals surface area contributed by atoms with Crippen LogP contribution in [0.5, 0.6) is 0 Å². The molecule has 0 fully saturated rings. The minimum absolute atomic E-state index is 0.00596. The van der Waals surface area contributed by atoms with Gasteiger partial charge in [0.2, 0.25) is 11.7 Å². The summed E-state index contributed by atoms with van der Waals surface area (Å²) in [5, 5.41) is 17.5. The Labute approximate surface area is 172 Å². The lowest BCUT2D eigenvalue weighted by atomic mass is 10.1. The van der Waals surface area contributed by atoms with E-state index in [0.717, 1.165) is 27.6 Å². The van der Waals surface area contributed by atoms with Crippen molar-refractivity contribution in [1.29, 1.82) is 0 Å². The van der Waals surface area contributed by atoms with E-state index >= 15 is 0 Å². The summed E-state index contributed by atoms with van der Waals surface area (Å²) in [7, 11) is 0. The van der Waals surface area contributed by atoms with Crippen molar-refractivity contribution in [3.8, 4) is 0 Å². The molecule has 3 N–H and O–H groups in total. The maximum atomic E-state index is 12.3. The summed E-state index contributed by atoms with van der Waals surface area (Å²) in [6.07, 6.45) is 3.10. The summed E-state index contributed by atoms with van der Waals surface area (Å²) in [4.78, 5) is 28.6. The Morgan fingerprint density at radius 3 is 2.80 bits per heavy atom. The number of amides is 2. The minimum atomic E-state index is -0.425. The molecule has 0 bridgehead atoms. The number of carbonyl (C=O) groups excluding carboxylic acids is 2. The van der Waals surface area contributed by atoms with Gasteiger partial charge in [-0.3, -0.25) is 14.7 Å². The minimum Gasteiger partial charge on any atom is -0.350 e. The topological polar surface area (TPSA) is 118 Å². The van der Waals surface area contributed by atoms with Gasteiger partial charge < -0.3 is 10.6 Å². The zero-order chi connectivity index (χ0) is 21.1. The van der Waals surface area contributed by atoms with E-state index in [4.69, 9.17) is 0 Å². The van der Waals surface area contributed by atoms with Crippen molar-refractivity contribution in [2.75, 3.05) is 5.32 Å². The largest absolute Gasteiger partial charge is 0.350 e. The highest BCUT2D eigenvalue weighted by Gasteiger charge is 2.13. The van der Waals surface area contributed by atoms with Gasteiger partial charge in [0.15, 0.2) is 0 Å². The first-order chi connectivity index (χ1) is 14.5. The molecule has 0 aliphatic carbocycles. The number of hydrogen-bond acceptors (Lipinski definition) is 5. The number of benzene rings is 2. The van der Waals surface area contributed by atoms with Gasteiger partial charge in [0.1, 0.15) is 12.9 Å². The van der Waals surface area contributed by atoms with Crippen molar-refractivity contribution in [2.24, 2.45) is 0 Å². The second-order valence-electron chi connectivity index (χ2n) is 7.09. The van der Waals surface area contributed by atoms with E-state index in [-0.39, 0.29) is 18.3 Å². The van der Waals surface area contributed by atoms with Gasteiger partial charge in [-0.1, -0.05) is 12.1 Å². The van der Waals surface area contributed by atoms with E-state index in [1.165, 1.54) is 11.0 Å². The highest BCUT2D eigenvalue weighted by Crippen LogP contribution is 2.15. The van der Waals surface area contributed by atoms with Gasteiger partial charge in [-0.15, -0.1) is 5.10 Å². The van der Waals surface area contributed by atoms with E-state index in [2.05, 4.69) is 30.9 Å². The average Bonchev–Trinajstić information content (AvgIpc) is 3.38. The Morgan fingerprint density at radius 2 is 1.97 bits per heavy atom. The number of aromatic nitrogens is 5. The highest BCUT2D eigenvalue weighted by atomic mass is 16.2. The van der Waals surface area contributed by atoms with Gasteiger partial charge in [0.05, 0.1) is 11.7 Å². The van der Waals surface area contributed by atoms with Crippen LogP contribution in [0.1, 0.15) is 27.3 Å². The molecule has 2 heterocycles. The fourth-order valence-corrected chi connectivity index (χ4v) is 2.99. The average molecular weight is 403 g/mol. The summed E-state index contributed by atoms with van der Waals surface area (Å²) >= 11 is 0. The van der Waals surface area contributed by atoms with Crippen LogP contribution in [0, 0.1) is 13.8 Å². The Balaban J connectivity index is 1.32. The van der Waals surface area contributed by atoms with E-state index in [9.17, 15) is 9.59 Å². The third kappa shape index (κ3) is 4.35. The molecule has 0 aliphatic heterocycles. The van der Waals surface area contributed by atoms with Crippen LogP contribution in [0.2, 0.25) is 0 Å². The van der Waals surface area contributed by atoms with Gasteiger partial charge >= 0.3 is 0 Å². The fourth-order valence-electron chi connectivity index (χ4n) is 2.99. The van der Waals surface area contributed by atoms with Crippen LogP contribution in [-0.4, -0.2) is 36.8 Å². The van der Waals surface area contributed by atoms with Crippen LogP contribution in [0.3, 0.4) is 0 Å². The number of nitrogens with zero attached hydrogens (tertiary/aromatic N) is 4. The predicted octanol–water partition coefficient (Wildman–Crippen LogP) is 2.34. The molecule has 152 valence electrons. The van der Waals surface area contributed by atoms with E-state index in [1.54, 1.807) is 6.20 Å². The first kappa shape index (κ1) is 19.3. The standard InChI is InChI=1S/C21H21N7O2/c1-13-3-5-17(7-14(13)2)25-21(30)20-23-12-28(27-20)11-19(29)22-9-15-4-6-18-16(8-15)10-24-26-18/h3-8,10,12H,9,11H2,1-2H3,(H,22,29)(H,24,26)(H,25,30). The van der Waals surface area contributed by atoms with Crippen LogP contribution in [-0.2, 0) is 17.9 Å². The first-order valence-electron chi connectivity index (χ1n) is 9.45. The molecular formula is C21H21N7O2. The molecule has 0 spiro atoms. The van der Waals surface area contributed by atoms with Crippen molar-refractivity contribution >= 4 is 28.4 Å². The Hall–Kier alpha value is -4.01. The van der Waals surface area contributed by atoms with Gasteiger partial charge in [-0.2, -0.15) is 5.10 Å². The quantitative estimate of drug-likeness (QED) is 0.457. The van der Waals surface area contributed by atoms with Gasteiger partial charge in [0, 0.05) is 17.6 Å². The fraction of sp³-hybridized carbons (Fsp3) is 0.190. The molecule has 0 saturated carbocycles. The number of nitrogens with one attached hydrogen (secondary N) is 3. The molecule has 0 aliphatic rings. The molecule has 30 heavy (non-hydrogen) atoms. The Morgan fingerprint density at radius 1 is 1.10 bits per heavy atom. The molecule has 0 unspecified atom stereocenters. The second-order valence-corrected chi connectivity index (χ2v) is 7.09. The van der Waals surface area contributed by atoms with Crippen molar-refractivity contribution in [3.05, 3.63) is 71.4 Å². The van der Waals surface area contributed by atoms with E-state index in [0.29, 0.717) is 12.2 Å². The molecule has 4 aromatic rings. The second kappa shape index (κ2) is 8.16. The number of carbonyl (C=O) groups is 2. The highest BCUT2D eigenvalue weighted by molar-refractivity contribution is 6.01. The summed E-state index contributed by atoms with van der Waals surface area (Å²) in [5.41, 5.74) is 4.80. The van der Waals surface area contributed by atoms with Crippen LogP contribution in [0.25, 0.3) is 10.9 Å². The Bertz CT molecular complexity index is 1230. The van der Waals surface area contributed by atoms with Crippen LogP contribution < -0.4 is 10.6 Å². The summed E-state index contributed by atoms with van der Waals surface area (Å²) in [6.45, 7) is 4.33. The number of hydrogen-bond donors (Lipinski definition) is 3. The molecule has 0 saturated heterocycles. The zero-order valence-corrected chi connectivity index (χ0v) is 16.6. The molecular weight excluding hydrogens is 382 g/mol. The lowest BCUT2D eigenvalue weighted by molar-refractivity contribution is -0.122. The lowest BCUT2D eigenvalue weighted by Crippen LogP contribution is -2.27. The van der Waals surface area contributed by atoms with Gasteiger partial charge in [-0.05, 0) is 54.8 Å². The van der Waals surface area contributed by atoms with Crippen LogP contribution in [0.4, 0.5) is 5.69 Å².